The standard InChI is InChI=1S/C18H14N4OS/c1-12-16(24-14-6-10-20-11-7-14)3-2-15-17(12)22-18(21-15)23-13-4-8-19-9-5-13/h2-11H,1H3,(H,21,22). The molecule has 4 rings (SSSR count). The second-order valence-corrected chi connectivity index (χ2v) is 6.31. The Labute approximate surface area is 143 Å². The van der Waals surface area contributed by atoms with Crippen molar-refractivity contribution in [3.8, 4) is 11.8 Å². The number of benzene rings is 1. The van der Waals surface area contributed by atoms with Crippen molar-refractivity contribution in [1.82, 2.24) is 19.9 Å². The molecule has 0 aliphatic carbocycles. The van der Waals surface area contributed by atoms with Gasteiger partial charge in [-0.2, -0.15) is 4.98 Å². The molecule has 0 atom stereocenters. The number of hydrogen-bond acceptors (Lipinski definition) is 5. The van der Waals surface area contributed by atoms with Gasteiger partial charge >= 0.3 is 0 Å². The Morgan fingerprint density at radius 1 is 0.917 bits per heavy atom. The van der Waals surface area contributed by atoms with Crippen LogP contribution in [0.15, 0.2) is 71.0 Å². The first-order chi connectivity index (χ1) is 11.8. The smallest absolute Gasteiger partial charge is 0.300 e. The van der Waals surface area contributed by atoms with Crippen LogP contribution in [0, 0.1) is 6.92 Å². The normalized spacial score (nSPS) is 10.9. The summed E-state index contributed by atoms with van der Waals surface area (Å²) in [6.45, 7) is 2.07. The van der Waals surface area contributed by atoms with Crippen LogP contribution in [0.5, 0.6) is 11.8 Å². The van der Waals surface area contributed by atoms with Crippen molar-refractivity contribution in [3.05, 3.63) is 66.7 Å². The number of rotatable bonds is 4. The molecule has 118 valence electrons. The molecule has 3 aromatic heterocycles. The summed E-state index contributed by atoms with van der Waals surface area (Å²) < 4.78 is 5.75. The monoisotopic (exact) mass is 334 g/mol. The zero-order valence-corrected chi connectivity index (χ0v) is 13.7. The Kier molecular flexibility index (Phi) is 3.88. The molecule has 1 aromatic carbocycles. The highest BCUT2D eigenvalue weighted by atomic mass is 32.2. The Bertz CT molecular complexity index is 970. The fourth-order valence-electron chi connectivity index (χ4n) is 2.38. The average Bonchev–Trinajstić information content (AvgIpc) is 3.03. The molecule has 24 heavy (non-hydrogen) atoms. The van der Waals surface area contributed by atoms with Crippen LogP contribution in [0.25, 0.3) is 11.0 Å². The predicted molar refractivity (Wildman–Crippen MR) is 93.5 cm³/mol. The molecule has 6 heteroatoms. The third-order valence-corrected chi connectivity index (χ3v) is 4.75. The lowest BCUT2D eigenvalue weighted by Crippen LogP contribution is -1.86. The Balaban J connectivity index is 1.66. The van der Waals surface area contributed by atoms with Gasteiger partial charge in [0.2, 0.25) is 0 Å². The number of pyridine rings is 2. The SMILES string of the molecule is Cc1c(Sc2ccncc2)ccc2[nH]c(Oc3ccncc3)nc12. The molecule has 0 bridgehead atoms. The maximum atomic E-state index is 5.75. The van der Waals surface area contributed by atoms with Gasteiger partial charge in [-0.1, -0.05) is 11.8 Å². The molecular weight excluding hydrogens is 320 g/mol. The number of ether oxygens (including phenoxy) is 1. The summed E-state index contributed by atoms with van der Waals surface area (Å²) in [5, 5.41) is 0. The maximum Gasteiger partial charge on any atom is 0.300 e. The van der Waals surface area contributed by atoms with E-state index in [0.29, 0.717) is 11.8 Å². The first kappa shape index (κ1) is 14.7. The van der Waals surface area contributed by atoms with Gasteiger partial charge in [0.15, 0.2) is 0 Å². The fraction of sp³-hybridized carbons (Fsp3) is 0.0556. The second-order valence-electron chi connectivity index (χ2n) is 5.20. The van der Waals surface area contributed by atoms with Gasteiger partial charge in [0.05, 0.1) is 11.0 Å². The Morgan fingerprint density at radius 2 is 1.62 bits per heavy atom. The van der Waals surface area contributed by atoms with Gasteiger partial charge in [-0.25, -0.2) is 0 Å². The first-order valence-corrected chi connectivity index (χ1v) is 8.26. The number of aromatic amines is 1. The van der Waals surface area contributed by atoms with Crippen molar-refractivity contribution in [2.45, 2.75) is 16.7 Å². The summed E-state index contributed by atoms with van der Waals surface area (Å²) in [5.41, 5.74) is 2.99. The van der Waals surface area contributed by atoms with Crippen LogP contribution in [0.4, 0.5) is 0 Å². The highest BCUT2D eigenvalue weighted by molar-refractivity contribution is 7.99. The minimum atomic E-state index is 0.477. The molecule has 0 saturated carbocycles. The Morgan fingerprint density at radius 3 is 2.38 bits per heavy atom. The molecule has 4 aromatic rings. The lowest BCUT2D eigenvalue weighted by Gasteiger charge is -2.05. The number of aryl methyl sites for hydroxylation is 1. The zero-order chi connectivity index (χ0) is 16.4. The van der Waals surface area contributed by atoms with Crippen LogP contribution < -0.4 is 4.74 Å². The van der Waals surface area contributed by atoms with E-state index in [9.17, 15) is 0 Å². The van der Waals surface area contributed by atoms with Crippen LogP contribution in [0.3, 0.4) is 0 Å². The topological polar surface area (TPSA) is 63.7 Å². The summed E-state index contributed by atoms with van der Waals surface area (Å²) in [4.78, 5) is 18.1. The third-order valence-electron chi connectivity index (χ3n) is 3.58. The van der Waals surface area contributed by atoms with Gasteiger partial charge in [0.25, 0.3) is 6.01 Å². The van der Waals surface area contributed by atoms with E-state index in [1.54, 1.807) is 48.7 Å². The van der Waals surface area contributed by atoms with Gasteiger partial charge in [-0.05, 0) is 48.9 Å². The molecular formula is C18H14N4OS. The van der Waals surface area contributed by atoms with E-state index in [4.69, 9.17) is 4.74 Å². The number of nitrogens with one attached hydrogen (secondary N) is 1. The van der Waals surface area contributed by atoms with Crippen molar-refractivity contribution < 1.29 is 4.74 Å². The van der Waals surface area contributed by atoms with E-state index >= 15 is 0 Å². The molecule has 0 amide bonds. The third kappa shape index (κ3) is 2.96. The number of nitrogens with zero attached hydrogens (tertiary/aromatic N) is 3. The van der Waals surface area contributed by atoms with Crippen LogP contribution in [-0.4, -0.2) is 19.9 Å². The predicted octanol–water partition coefficient (Wildman–Crippen LogP) is 4.60. The molecule has 0 unspecified atom stereocenters. The molecule has 0 aliphatic heterocycles. The van der Waals surface area contributed by atoms with E-state index in [0.717, 1.165) is 26.4 Å². The summed E-state index contributed by atoms with van der Waals surface area (Å²) in [7, 11) is 0. The van der Waals surface area contributed by atoms with E-state index < -0.39 is 0 Å². The fourth-order valence-corrected chi connectivity index (χ4v) is 3.28. The molecule has 0 fully saturated rings. The minimum Gasteiger partial charge on any atom is -0.426 e. The Hall–Kier alpha value is -2.86. The highest BCUT2D eigenvalue weighted by Crippen LogP contribution is 2.34. The first-order valence-electron chi connectivity index (χ1n) is 7.45. The molecule has 1 N–H and O–H groups in total. The molecule has 0 spiro atoms. The van der Waals surface area contributed by atoms with Crippen molar-refractivity contribution in [1.29, 1.82) is 0 Å². The van der Waals surface area contributed by atoms with E-state index in [1.165, 1.54) is 0 Å². The zero-order valence-electron chi connectivity index (χ0n) is 12.9. The average molecular weight is 334 g/mol. The number of aromatic nitrogens is 4. The van der Waals surface area contributed by atoms with Crippen molar-refractivity contribution in [2.75, 3.05) is 0 Å². The molecule has 0 aliphatic rings. The van der Waals surface area contributed by atoms with Gasteiger partial charge in [0, 0.05) is 34.6 Å². The van der Waals surface area contributed by atoms with Crippen molar-refractivity contribution >= 4 is 22.8 Å². The molecule has 5 nitrogen and oxygen atoms in total. The van der Waals surface area contributed by atoms with Gasteiger partial charge in [-0.3, -0.25) is 9.97 Å². The lowest BCUT2D eigenvalue weighted by molar-refractivity contribution is 0.448. The largest absolute Gasteiger partial charge is 0.426 e. The lowest BCUT2D eigenvalue weighted by atomic mass is 10.2. The summed E-state index contributed by atoms with van der Waals surface area (Å²) in [6, 6.07) is 12.2. The maximum absolute atomic E-state index is 5.75. The van der Waals surface area contributed by atoms with E-state index in [-0.39, 0.29) is 0 Å². The summed E-state index contributed by atoms with van der Waals surface area (Å²) >= 11 is 1.70. The van der Waals surface area contributed by atoms with Gasteiger partial charge < -0.3 is 9.72 Å². The number of hydrogen-bond donors (Lipinski definition) is 1. The van der Waals surface area contributed by atoms with Crippen LogP contribution >= 0.6 is 11.8 Å². The van der Waals surface area contributed by atoms with Gasteiger partial charge in [-0.15, -0.1) is 0 Å². The number of fused-ring (bicyclic) bond motifs is 1. The quantitative estimate of drug-likeness (QED) is 0.591. The van der Waals surface area contributed by atoms with E-state index in [1.807, 2.05) is 18.2 Å². The summed E-state index contributed by atoms with van der Waals surface area (Å²) in [6.07, 6.45) is 6.97. The van der Waals surface area contributed by atoms with Crippen LogP contribution in [0.2, 0.25) is 0 Å². The molecule has 0 saturated heterocycles. The minimum absolute atomic E-state index is 0.477. The number of imidazole rings is 1. The van der Waals surface area contributed by atoms with Crippen molar-refractivity contribution in [3.63, 3.8) is 0 Å². The highest BCUT2D eigenvalue weighted by Gasteiger charge is 2.11. The van der Waals surface area contributed by atoms with Crippen molar-refractivity contribution in [2.24, 2.45) is 0 Å². The second kappa shape index (κ2) is 6.33. The van der Waals surface area contributed by atoms with Gasteiger partial charge in [0.1, 0.15) is 5.75 Å². The van der Waals surface area contributed by atoms with Crippen LogP contribution in [0.1, 0.15) is 5.56 Å². The number of H-pyrrole nitrogens is 1. The summed E-state index contributed by atoms with van der Waals surface area (Å²) in [5.74, 6) is 0.702. The van der Waals surface area contributed by atoms with E-state index in [2.05, 4.69) is 32.9 Å². The molecule has 0 radical (unpaired) electrons. The van der Waals surface area contributed by atoms with Crippen LogP contribution in [-0.2, 0) is 0 Å². The molecule has 3 heterocycles.